The largest absolute Gasteiger partial charge is 0.379 e. The molecule has 0 saturated carbocycles. The van der Waals surface area contributed by atoms with Crippen LogP contribution < -0.4 is 4.90 Å². The molecule has 1 aromatic heterocycles. The zero-order chi connectivity index (χ0) is 21.8. The SMILES string of the molecule is CC(C)(C)c1ccc(C(=O)N(CCCN2CCOCC2)c2nc3ccccc3s2)cc1. The quantitative estimate of drug-likeness (QED) is 0.547. The fourth-order valence-electron chi connectivity index (χ4n) is 3.81. The van der Waals surface area contributed by atoms with Gasteiger partial charge in [0, 0.05) is 31.7 Å². The summed E-state index contributed by atoms with van der Waals surface area (Å²) >= 11 is 1.58. The fraction of sp³-hybridized carbons (Fsp3) is 0.440. The Morgan fingerprint density at radius 2 is 1.81 bits per heavy atom. The standard InChI is InChI=1S/C25H31N3O2S/c1-25(2,3)20-11-9-19(10-12-20)23(29)28(14-6-13-27-15-17-30-18-16-27)24-26-21-7-4-5-8-22(21)31-24/h4-5,7-12H,6,13-18H2,1-3H3. The monoisotopic (exact) mass is 437 g/mol. The Hall–Kier alpha value is -2.28. The number of morpholine rings is 1. The summed E-state index contributed by atoms with van der Waals surface area (Å²) in [6, 6.07) is 16.1. The highest BCUT2D eigenvalue weighted by Crippen LogP contribution is 2.30. The van der Waals surface area contributed by atoms with Gasteiger partial charge in [0.05, 0.1) is 23.4 Å². The third kappa shape index (κ3) is 5.32. The minimum absolute atomic E-state index is 0.0153. The second-order valence-corrected chi connectivity index (χ2v) is 10.1. The number of anilines is 1. The van der Waals surface area contributed by atoms with Gasteiger partial charge in [0.1, 0.15) is 0 Å². The van der Waals surface area contributed by atoms with Crippen molar-refractivity contribution in [2.45, 2.75) is 32.6 Å². The average Bonchev–Trinajstić information content (AvgIpc) is 3.20. The lowest BCUT2D eigenvalue weighted by Crippen LogP contribution is -2.39. The molecule has 6 heteroatoms. The maximum Gasteiger partial charge on any atom is 0.260 e. The summed E-state index contributed by atoms with van der Waals surface area (Å²) in [5, 5.41) is 0.771. The Labute approximate surface area is 188 Å². The zero-order valence-corrected chi connectivity index (χ0v) is 19.5. The third-order valence-electron chi connectivity index (χ3n) is 5.72. The molecule has 0 unspecified atom stereocenters. The van der Waals surface area contributed by atoms with Gasteiger partial charge in [0.15, 0.2) is 5.13 Å². The summed E-state index contributed by atoms with van der Waals surface area (Å²) in [5.74, 6) is 0.0153. The van der Waals surface area contributed by atoms with Crippen molar-refractivity contribution in [3.05, 3.63) is 59.7 Å². The number of fused-ring (bicyclic) bond motifs is 1. The highest BCUT2D eigenvalue weighted by molar-refractivity contribution is 7.22. The maximum atomic E-state index is 13.5. The molecule has 0 N–H and O–H groups in total. The molecule has 3 aromatic rings. The van der Waals surface area contributed by atoms with Crippen LogP contribution in [0.1, 0.15) is 43.1 Å². The number of hydrogen-bond acceptors (Lipinski definition) is 5. The molecule has 0 bridgehead atoms. The lowest BCUT2D eigenvalue weighted by Gasteiger charge is -2.28. The topological polar surface area (TPSA) is 45.7 Å². The number of thiazole rings is 1. The van der Waals surface area contributed by atoms with Gasteiger partial charge >= 0.3 is 0 Å². The van der Waals surface area contributed by atoms with Crippen molar-refractivity contribution >= 4 is 32.6 Å². The van der Waals surface area contributed by atoms with Crippen LogP contribution in [0.5, 0.6) is 0 Å². The molecule has 2 heterocycles. The summed E-state index contributed by atoms with van der Waals surface area (Å²) < 4.78 is 6.55. The number of amides is 1. The number of rotatable bonds is 6. The molecule has 0 aliphatic carbocycles. The Morgan fingerprint density at radius 1 is 1.10 bits per heavy atom. The van der Waals surface area contributed by atoms with E-state index >= 15 is 0 Å². The van der Waals surface area contributed by atoms with Crippen molar-refractivity contribution in [2.75, 3.05) is 44.3 Å². The van der Waals surface area contributed by atoms with Crippen LogP contribution in [0, 0.1) is 0 Å². The Morgan fingerprint density at radius 3 is 2.48 bits per heavy atom. The number of nitrogens with zero attached hydrogens (tertiary/aromatic N) is 3. The summed E-state index contributed by atoms with van der Waals surface area (Å²) in [4.78, 5) is 22.6. The highest BCUT2D eigenvalue weighted by Gasteiger charge is 2.22. The van der Waals surface area contributed by atoms with Gasteiger partial charge in [0.25, 0.3) is 5.91 Å². The van der Waals surface area contributed by atoms with Crippen LogP contribution in [0.25, 0.3) is 10.2 Å². The number of ether oxygens (including phenoxy) is 1. The first-order valence-corrected chi connectivity index (χ1v) is 11.8. The average molecular weight is 438 g/mol. The van der Waals surface area contributed by atoms with Crippen LogP contribution in [-0.2, 0) is 10.2 Å². The molecular weight excluding hydrogens is 406 g/mol. The number of carbonyl (C=O) groups is 1. The molecule has 1 amide bonds. The van der Waals surface area contributed by atoms with Gasteiger partial charge in [0.2, 0.25) is 0 Å². The van der Waals surface area contributed by atoms with E-state index in [9.17, 15) is 4.79 Å². The lowest BCUT2D eigenvalue weighted by atomic mass is 9.86. The van der Waals surface area contributed by atoms with Crippen LogP contribution >= 0.6 is 11.3 Å². The van der Waals surface area contributed by atoms with E-state index in [4.69, 9.17) is 9.72 Å². The van der Waals surface area contributed by atoms with E-state index < -0.39 is 0 Å². The number of hydrogen-bond donors (Lipinski definition) is 0. The molecule has 1 fully saturated rings. The highest BCUT2D eigenvalue weighted by atomic mass is 32.1. The van der Waals surface area contributed by atoms with E-state index in [1.54, 1.807) is 11.3 Å². The van der Waals surface area contributed by atoms with Crippen LogP contribution in [0.2, 0.25) is 0 Å². The van der Waals surface area contributed by atoms with E-state index in [-0.39, 0.29) is 11.3 Å². The predicted octanol–water partition coefficient (Wildman–Crippen LogP) is 4.96. The Bertz CT molecular complexity index is 984. The first-order valence-electron chi connectivity index (χ1n) is 11.0. The molecule has 31 heavy (non-hydrogen) atoms. The van der Waals surface area contributed by atoms with Gasteiger partial charge in [-0.1, -0.05) is 56.4 Å². The van der Waals surface area contributed by atoms with Gasteiger partial charge < -0.3 is 4.74 Å². The first kappa shape index (κ1) is 21.9. The fourth-order valence-corrected chi connectivity index (χ4v) is 4.80. The molecule has 164 valence electrons. The molecule has 2 aromatic carbocycles. The van der Waals surface area contributed by atoms with Crippen molar-refractivity contribution in [3.8, 4) is 0 Å². The second kappa shape index (κ2) is 9.47. The van der Waals surface area contributed by atoms with Gasteiger partial charge in [-0.05, 0) is 41.7 Å². The molecule has 0 spiro atoms. The van der Waals surface area contributed by atoms with Crippen molar-refractivity contribution in [3.63, 3.8) is 0 Å². The molecule has 5 nitrogen and oxygen atoms in total. The molecule has 1 aliphatic rings. The number of para-hydroxylation sites is 1. The van der Waals surface area contributed by atoms with Crippen LogP contribution in [-0.4, -0.2) is 55.2 Å². The Kier molecular flexibility index (Phi) is 6.70. The third-order valence-corrected chi connectivity index (χ3v) is 6.78. The van der Waals surface area contributed by atoms with Gasteiger partial charge in [-0.2, -0.15) is 0 Å². The summed E-state index contributed by atoms with van der Waals surface area (Å²) in [5.41, 5.74) is 2.94. The molecule has 1 aliphatic heterocycles. The minimum Gasteiger partial charge on any atom is -0.379 e. The maximum absolute atomic E-state index is 13.5. The van der Waals surface area contributed by atoms with Crippen molar-refractivity contribution < 1.29 is 9.53 Å². The summed E-state index contributed by atoms with van der Waals surface area (Å²) in [6.07, 6.45) is 0.905. The van der Waals surface area contributed by atoms with Gasteiger partial charge in [-0.3, -0.25) is 14.6 Å². The van der Waals surface area contributed by atoms with Gasteiger partial charge in [-0.15, -0.1) is 0 Å². The van der Waals surface area contributed by atoms with Crippen molar-refractivity contribution in [1.82, 2.24) is 9.88 Å². The summed E-state index contributed by atoms with van der Waals surface area (Å²) in [6.45, 7) is 11.7. The van der Waals surface area contributed by atoms with Crippen LogP contribution in [0.3, 0.4) is 0 Å². The predicted molar refractivity (Wildman–Crippen MR) is 128 cm³/mol. The van der Waals surface area contributed by atoms with E-state index in [0.717, 1.165) is 54.6 Å². The van der Waals surface area contributed by atoms with E-state index in [1.807, 2.05) is 35.2 Å². The first-order chi connectivity index (χ1) is 14.9. The molecular formula is C25H31N3O2S. The van der Waals surface area contributed by atoms with E-state index in [2.05, 4.69) is 43.9 Å². The van der Waals surface area contributed by atoms with E-state index in [0.29, 0.717) is 12.1 Å². The van der Waals surface area contributed by atoms with Crippen LogP contribution in [0.15, 0.2) is 48.5 Å². The lowest BCUT2D eigenvalue weighted by molar-refractivity contribution is 0.0376. The Balaban J connectivity index is 1.55. The zero-order valence-electron chi connectivity index (χ0n) is 18.6. The molecule has 1 saturated heterocycles. The number of aromatic nitrogens is 1. The number of carbonyl (C=O) groups excluding carboxylic acids is 1. The van der Waals surface area contributed by atoms with Gasteiger partial charge in [-0.25, -0.2) is 4.98 Å². The smallest absolute Gasteiger partial charge is 0.260 e. The van der Waals surface area contributed by atoms with Crippen molar-refractivity contribution in [1.29, 1.82) is 0 Å². The summed E-state index contributed by atoms with van der Waals surface area (Å²) in [7, 11) is 0. The van der Waals surface area contributed by atoms with E-state index in [1.165, 1.54) is 5.56 Å². The minimum atomic E-state index is 0.0153. The molecule has 4 rings (SSSR count). The van der Waals surface area contributed by atoms with Crippen molar-refractivity contribution in [2.24, 2.45) is 0 Å². The van der Waals surface area contributed by atoms with Crippen LogP contribution in [0.4, 0.5) is 5.13 Å². The second-order valence-electron chi connectivity index (χ2n) is 9.06. The number of benzene rings is 2. The normalized spacial score (nSPS) is 15.3. The molecule has 0 atom stereocenters. The molecule has 0 radical (unpaired) electrons.